The summed E-state index contributed by atoms with van der Waals surface area (Å²) in [6, 6.07) is 4.46. The number of hydrogen-bond donors (Lipinski definition) is 3. The highest BCUT2D eigenvalue weighted by molar-refractivity contribution is 5.97. The number of β-amino-alcohol motifs (C(OH)–C–C–N with tert-alkyl or cyclic N) is 1. The van der Waals surface area contributed by atoms with E-state index in [2.05, 4.69) is 5.32 Å². The van der Waals surface area contributed by atoms with Crippen molar-refractivity contribution in [3.8, 4) is 0 Å². The maximum atomic E-state index is 12.5. The average molecular weight is 290 g/mol. The Hall–Kier alpha value is -2.08. The van der Waals surface area contributed by atoms with Crippen LogP contribution < -0.4 is 5.32 Å². The second kappa shape index (κ2) is 5.37. The molecular formula is C15H18N2O4. The van der Waals surface area contributed by atoms with Gasteiger partial charge in [0.05, 0.1) is 6.10 Å². The molecule has 0 saturated carbocycles. The predicted octanol–water partition coefficient (Wildman–Crippen LogP) is 0.705. The molecule has 1 saturated heterocycles. The minimum absolute atomic E-state index is 0.0745. The van der Waals surface area contributed by atoms with Crippen molar-refractivity contribution in [2.45, 2.75) is 31.4 Å². The standard InChI is InChI=1S/C15H18N2O4/c18-11-7-13(15(20)21)17(8-11)14(19)10-3-4-12-9(6-10)2-1-5-16-12/h3-4,6,11,13,16,18H,1-2,5,7-8H2,(H,20,21)/t11-,13-/m1/s1. The molecule has 0 aliphatic carbocycles. The summed E-state index contributed by atoms with van der Waals surface area (Å²) in [5, 5.41) is 22.1. The zero-order valence-corrected chi connectivity index (χ0v) is 11.6. The number of anilines is 1. The van der Waals surface area contributed by atoms with Gasteiger partial charge in [-0.15, -0.1) is 0 Å². The number of nitrogens with one attached hydrogen (secondary N) is 1. The Morgan fingerprint density at radius 3 is 2.90 bits per heavy atom. The summed E-state index contributed by atoms with van der Waals surface area (Å²) in [6.45, 7) is 1.00. The van der Waals surface area contributed by atoms with Crippen LogP contribution in [0.5, 0.6) is 0 Å². The SMILES string of the molecule is O=C(O)[C@H]1C[C@@H](O)CN1C(=O)c1ccc2c(c1)CCCN2. The molecule has 2 atom stereocenters. The number of aliphatic hydroxyl groups is 1. The van der Waals surface area contributed by atoms with Crippen LogP contribution in [0.3, 0.4) is 0 Å². The first-order valence-electron chi connectivity index (χ1n) is 7.15. The van der Waals surface area contributed by atoms with Crippen molar-refractivity contribution >= 4 is 17.6 Å². The van der Waals surface area contributed by atoms with Gasteiger partial charge >= 0.3 is 5.97 Å². The molecule has 2 aliphatic rings. The molecule has 1 fully saturated rings. The number of hydrogen-bond acceptors (Lipinski definition) is 4. The van der Waals surface area contributed by atoms with Crippen molar-refractivity contribution in [2.24, 2.45) is 0 Å². The number of rotatable bonds is 2. The fraction of sp³-hybridized carbons (Fsp3) is 0.467. The number of likely N-dealkylation sites (tertiary alicyclic amines) is 1. The second-order valence-corrected chi connectivity index (χ2v) is 5.60. The molecular weight excluding hydrogens is 272 g/mol. The van der Waals surface area contributed by atoms with Crippen molar-refractivity contribution in [2.75, 3.05) is 18.4 Å². The first-order chi connectivity index (χ1) is 10.1. The predicted molar refractivity (Wildman–Crippen MR) is 76.3 cm³/mol. The Morgan fingerprint density at radius 1 is 1.33 bits per heavy atom. The second-order valence-electron chi connectivity index (χ2n) is 5.60. The average Bonchev–Trinajstić information content (AvgIpc) is 2.88. The Morgan fingerprint density at radius 2 is 2.14 bits per heavy atom. The lowest BCUT2D eigenvalue weighted by molar-refractivity contribution is -0.141. The van der Waals surface area contributed by atoms with E-state index in [4.69, 9.17) is 0 Å². The Balaban J connectivity index is 1.86. The molecule has 0 radical (unpaired) electrons. The first kappa shape index (κ1) is 13.9. The van der Waals surface area contributed by atoms with E-state index in [0.29, 0.717) is 5.56 Å². The molecule has 0 bridgehead atoms. The molecule has 6 nitrogen and oxygen atoms in total. The van der Waals surface area contributed by atoms with E-state index in [1.807, 2.05) is 12.1 Å². The van der Waals surface area contributed by atoms with Crippen LogP contribution in [0.1, 0.15) is 28.8 Å². The molecule has 2 aliphatic heterocycles. The van der Waals surface area contributed by atoms with Gasteiger partial charge in [0.1, 0.15) is 6.04 Å². The van der Waals surface area contributed by atoms with Crippen LogP contribution in [-0.2, 0) is 11.2 Å². The molecule has 3 N–H and O–H groups in total. The Bertz CT molecular complexity index is 587. The quantitative estimate of drug-likeness (QED) is 0.746. The van der Waals surface area contributed by atoms with Crippen LogP contribution in [-0.4, -0.2) is 52.2 Å². The topological polar surface area (TPSA) is 89.9 Å². The molecule has 1 amide bonds. The summed E-state index contributed by atoms with van der Waals surface area (Å²) < 4.78 is 0. The molecule has 112 valence electrons. The van der Waals surface area contributed by atoms with Crippen LogP contribution in [0.15, 0.2) is 18.2 Å². The van der Waals surface area contributed by atoms with E-state index in [1.165, 1.54) is 4.90 Å². The molecule has 1 aromatic rings. The zero-order chi connectivity index (χ0) is 15.0. The highest BCUT2D eigenvalue weighted by Gasteiger charge is 2.39. The maximum Gasteiger partial charge on any atom is 0.326 e. The van der Waals surface area contributed by atoms with Gasteiger partial charge in [0, 0.05) is 30.8 Å². The maximum absolute atomic E-state index is 12.5. The van der Waals surface area contributed by atoms with Crippen LogP contribution in [0, 0.1) is 0 Å². The fourth-order valence-corrected chi connectivity index (χ4v) is 3.05. The normalized spacial score (nSPS) is 24.3. The number of carboxylic acids is 1. The number of amides is 1. The van der Waals surface area contributed by atoms with Crippen LogP contribution in [0.25, 0.3) is 0 Å². The van der Waals surface area contributed by atoms with Crippen molar-refractivity contribution < 1.29 is 19.8 Å². The van der Waals surface area contributed by atoms with E-state index < -0.39 is 18.1 Å². The molecule has 3 rings (SSSR count). The third-order valence-electron chi connectivity index (χ3n) is 4.12. The molecule has 0 spiro atoms. The molecule has 2 heterocycles. The van der Waals surface area contributed by atoms with Gasteiger partial charge in [-0.25, -0.2) is 4.79 Å². The highest BCUT2D eigenvalue weighted by Crippen LogP contribution is 2.26. The molecule has 21 heavy (non-hydrogen) atoms. The Kier molecular flexibility index (Phi) is 3.55. The third kappa shape index (κ3) is 2.58. The summed E-state index contributed by atoms with van der Waals surface area (Å²) in [5.74, 6) is -1.40. The van der Waals surface area contributed by atoms with Crippen LogP contribution in [0.2, 0.25) is 0 Å². The van der Waals surface area contributed by atoms with Crippen LogP contribution >= 0.6 is 0 Å². The van der Waals surface area contributed by atoms with Gasteiger partial charge in [-0.2, -0.15) is 0 Å². The number of fused-ring (bicyclic) bond motifs is 1. The van der Waals surface area contributed by atoms with E-state index in [-0.39, 0.29) is 18.9 Å². The number of aliphatic carboxylic acids is 1. The number of benzene rings is 1. The Labute approximate surface area is 122 Å². The fourth-order valence-electron chi connectivity index (χ4n) is 3.05. The summed E-state index contributed by atoms with van der Waals surface area (Å²) in [7, 11) is 0. The summed E-state index contributed by atoms with van der Waals surface area (Å²) in [5.41, 5.74) is 2.60. The number of aryl methyl sites for hydroxylation is 1. The van der Waals surface area contributed by atoms with E-state index in [9.17, 15) is 19.8 Å². The lowest BCUT2D eigenvalue weighted by atomic mass is 10.00. The zero-order valence-electron chi connectivity index (χ0n) is 11.6. The number of aliphatic hydroxyl groups excluding tert-OH is 1. The monoisotopic (exact) mass is 290 g/mol. The largest absolute Gasteiger partial charge is 0.480 e. The van der Waals surface area contributed by atoms with Crippen LogP contribution in [0.4, 0.5) is 5.69 Å². The number of carbonyl (C=O) groups excluding carboxylic acids is 1. The van der Waals surface area contributed by atoms with Crippen molar-refractivity contribution in [1.82, 2.24) is 4.90 Å². The number of carboxylic acid groups (broad SMARTS) is 1. The minimum Gasteiger partial charge on any atom is -0.480 e. The summed E-state index contributed by atoms with van der Waals surface area (Å²) >= 11 is 0. The van der Waals surface area contributed by atoms with Gasteiger partial charge in [-0.05, 0) is 36.6 Å². The van der Waals surface area contributed by atoms with E-state index >= 15 is 0 Å². The molecule has 0 unspecified atom stereocenters. The lowest BCUT2D eigenvalue weighted by Gasteiger charge is -2.23. The van der Waals surface area contributed by atoms with Gasteiger partial charge < -0.3 is 20.4 Å². The van der Waals surface area contributed by atoms with Crippen molar-refractivity contribution in [3.05, 3.63) is 29.3 Å². The highest BCUT2D eigenvalue weighted by atomic mass is 16.4. The van der Waals surface area contributed by atoms with Gasteiger partial charge in [-0.1, -0.05) is 0 Å². The minimum atomic E-state index is -1.07. The lowest BCUT2D eigenvalue weighted by Crippen LogP contribution is -2.40. The van der Waals surface area contributed by atoms with Gasteiger partial charge in [0.2, 0.25) is 0 Å². The van der Waals surface area contributed by atoms with Crippen molar-refractivity contribution in [1.29, 1.82) is 0 Å². The van der Waals surface area contributed by atoms with Gasteiger partial charge in [-0.3, -0.25) is 4.79 Å². The summed E-state index contributed by atoms with van der Waals surface area (Å²) in [6.07, 6.45) is 1.25. The number of carbonyl (C=O) groups is 2. The van der Waals surface area contributed by atoms with E-state index in [1.54, 1.807) is 6.07 Å². The third-order valence-corrected chi connectivity index (χ3v) is 4.12. The van der Waals surface area contributed by atoms with Crippen molar-refractivity contribution in [3.63, 3.8) is 0 Å². The summed E-state index contributed by atoms with van der Waals surface area (Å²) in [4.78, 5) is 25.0. The molecule has 1 aromatic carbocycles. The first-order valence-corrected chi connectivity index (χ1v) is 7.15. The van der Waals surface area contributed by atoms with Gasteiger partial charge in [0.25, 0.3) is 5.91 Å². The smallest absolute Gasteiger partial charge is 0.326 e. The van der Waals surface area contributed by atoms with E-state index in [0.717, 1.165) is 30.6 Å². The van der Waals surface area contributed by atoms with Gasteiger partial charge in [0.15, 0.2) is 0 Å². The number of nitrogens with zero attached hydrogens (tertiary/aromatic N) is 1. The molecule has 6 heteroatoms. The molecule has 0 aromatic heterocycles.